The lowest BCUT2D eigenvalue weighted by atomic mass is 9.73. The second kappa shape index (κ2) is 7.79. The van der Waals surface area contributed by atoms with Gasteiger partial charge in [-0.05, 0) is 55.4 Å². The Morgan fingerprint density at radius 3 is 2.66 bits per heavy atom. The summed E-state index contributed by atoms with van der Waals surface area (Å²) < 4.78 is 1.97. The normalized spacial score (nSPS) is 19.2. The highest BCUT2D eigenvalue weighted by Crippen LogP contribution is 2.50. The summed E-state index contributed by atoms with van der Waals surface area (Å²) in [7, 11) is 0. The van der Waals surface area contributed by atoms with Crippen LogP contribution >= 0.6 is 12.4 Å². The number of hydrogen-bond donors (Lipinski definition) is 1. The molecule has 1 saturated heterocycles. The van der Waals surface area contributed by atoms with Crippen LogP contribution in [-0.4, -0.2) is 42.9 Å². The van der Waals surface area contributed by atoms with Crippen molar-refractivity contribution in [3.05, 3.63) is 66.0 Å². The second-order valence-corrected chi connectivity index (χ2v) is 8.67. The molecule has 6 rings (SSSR count). The van der Waals surface area contributed by atoms with Gasteiger partial charge in [0.05, 0.1) is 30.0 Å². The highest BCUT2D eigenvalue weighted by atomic mass is 35.5. The Bertz CT molecular complexity index is 1260. The van der Waals surface area contributed by atoms with E-state index in [0.717, 1.165) is 60.6 Å². The molecule has 4 aromatic heterocycles. The van der Waals surface area contributed by atoms with Gasteiger partial charge in [-0.15, -0.1) is 12.4 Å². The van der Waals surface area contributed by atoms with Crippen molar-refractivity contribution in [2.75, 3.05) is 18.0 Å². The van der Waals surface area contributed by atoms with Gasteiger partial charge in [0, 0.05) is 36.6 Å². The SMILES string of the molecule is Cc1nc(N2CCC3(CC2)Cc2ncccc2[C@H]3N)c2ccnn2c1-c1ccnnc1.Cl. The molecule has 0 unspecified atom stereocenters. The topological polar surface area (TPSA) is 98.1 Å². The van der Waals surface area contributed by atoms with Crippen LogP contribution in [0.5, 0.6) is 0 Å². The third-order valence-electron chi connectivity index (χ3n) is 7.06. The minimum atomic E-state index is 0. The first kappa shape index (κ1) is 20.8. The number of halogens is 1. The first-order chi connectivity index (χ1) is 15.2. The molecule has 32 heavy (non-hydrogen) atoms. The minimum Gasteiger partial charge on any atom is -0.355 e. The van der Waals surface area contributed by atoms with E-state index in [9.17, 15) is 0 Å². The zero-order valence-corrected chi connectivity index (χ0v) is 18.7. The molecule has 2 aliphatic rings. The Hall–Kier alpha value is -3.10. The molecule has 1 atom stereocenters. The van der Waals surface area contributed by atoms with Crippen molar-refractivity contribution in [3.8, 4) is 11.3 Å². The summed E-state index contributed by atoms with van der Waals surface area (Å²) in [5, 5.41) is 12.5. The van der Waals surface area contributed by atoms with Crippen molar-refractivity contribution in [2.45, 2.75) is 32.2 Å². The Balaban J connectivity index is 0.00000216. The monoisotopic (exact) mass is 448 g/mol. The van der Waals surface area contributed by atoms with Crippen molar-refractivity contribution in [2.24, 2.45) is 11.1 Å². The number of piperidine rings is 1. The molecule has 1 aliphatic heterocycles. The van der Waals surface area contributed by atoms with Gasteiger partial charge < -0.3 is 10.6 Å². The summed E-state index contributed by atoms with van der Waals surface area (Å²) in [5.74, 6) is 0.984. The highest BCUT2D eigenvalue weighted by molar-refractivity contribution is 5.85. The predicted molar refractivity (Wildman–Crippen MR) is 125 cm³/mol. The largest absolute Gasteiger partial charge is 0.355 e. The Morgan fingerprint density at radius 1 is 1.06 bits per heavy atom. The molecule has 0 bridgehead atoms. The molecule has 4 aromatic rings. The predicted octanol–water partition coefficient (Wildman–Crippen LogP) is 3.15. The molecule has 0 aromatic carbocycles. The van der Waals surface area contributed by atoms with Crippen LogP contribution in [0.4, 0.5) is 5.82 Å². The van der Waals surface area contributed by atoms with Crippen molar-refractivity contribution in [3.63, 3.8) is 0 Å². The lowest BCUT2D eigenvalue weighted by Crippen LogP contribution is -2.44. The van der Waals surface area contributed by atoms with Crippen molar-refractivity contribution in [1.29, 1.82) is 0 Å². The van der Waals surface area contributed by atoms with Gasteiger partial charge in [-0.3, -0.25) is 4.98 Å². The van der Waals surface area contributed by atoms with Crippen molar-refractivity contribution in [1.82, 2.24) is 29.8 Å². The first-order valence-electron chi connectivity index (χ1n) is 10.7. The van der Waals surface area contributed by atoms with Gasteiger partial charge >= 0.3 is 0 Å². The third kappa shape index (κ3) is 3.05. The summed E-state index contributed by atoms with van der Waals surface area (Å²) in [4.78, 5) is 12.0. The zero-order valence-electron chi connectivity index (χ0n) is 17.8. The van der Waals surface area contributed by atoms with Gasteiger partial charge in [-0.25, -0.2) is 9.50 Å². The smallest absolute Gasteiger partial charge is 0.155 e. The molecule has 0 radical (unpaired) electrons. The fraction of sp³-hybridized carbons (Fsp3) is 0.348. The fourth-order valence-corrected chi connectivity index (χ4v) is 5.37. The number of anilines is 1. The van der Waals surface area contributed by atoms with Crippen molar-refractivity contribution >= 4 is 23.7 Å². The molecular formula is C23H25ClN8. The van der Waals surface area contributed by atoms with Crippen LogP contribution in [0, 0.1) is 12.3 Å². The highest BCUT2D eigenvalue weighted by Gasteiger charge is 2.46. The minimum absolute atomic E-state index is 0. The summed E-state index contributed by atoms with van der Waals surface area (Å²) in [5.41, 5.74) is 13.1. The number of aryl methyl sites for hydroxylation is 1. The number of aromatic nitrogens is 6. The summed E-state index contributed by atoms with van der Waals surface area (Å²) in [6.45, 7) is 3.87. The maximum absolute atomic E-state index is 6.72. The molecule has 1 fully saturated rings. The second-order valence-electron chi connectivity index (χ2n) is 8.67. The number of nitrogens with zero attached hydrogens (tertiary/aromatic N) is 7. The van der Waals surface area contributed by atoms with Crippen LogP contribution in [0.3, 0.4) is 0 Å². The molecule has 9 heteroatoms. The Labute approximate surface area is 192 Å². The van der Waals surface area contributed by atoms with E-state index in [4.69, 9.17) is 10.7 Å². The van der Waals surface area contributed by atoms with E-state index >= 15 is 0 Å². The first-order valence-corrected chi connectivity index (χ1v) is 10.7. The van der Waals surface area contributed by atoms with Gasteiger partial charge in [0.15, 0.2) is 5.82 Å². The quantitative estimate of drug-likeness (QED) is 0.503. The summed E-state index contributed by atoms with van der Waals surface area (Å²) in [6.07, 6.45) is 10.2. The van der Waals surface area contributed by atoms with Gasteiger partial charge in [-0.2, -0.15) is 15.3 Å². The maximum atomic E-state index is 6.72. The zero-order chi connectivity index (χ0) is 21.0. The number of pyridine rings is 1. The molecule has 2 N–H and O–H groups in total. The Kier molecular flexibility index (Phi) is 5.06. The Morgan fingerprint density at radius 2 is 1.91 bits per heavy atom. The molecule has 0 saturated carbocycles. The molecule has 1 spiro atoms. The number of fused-ring (bicyclic) bond motifs is 2. The molecule has 5 heterocycles. The van der Waals surface area contributed by atoms with Crippen LogP contribution in [0.15, 0.2) is 49.1 Å². The summed E-state index contributed by atoms with van der Waals surface area (Å²) >= 11 is 0. The van der Waals surface area contributed by atoms with E-state index in [-0.39, 0.29) is 23.9 Å². The van der Waals surface area contributed by atoms with E-state index in [1.807, 2.05) is 42.0 Å². The van der Waals surface area contributed by atoms with E-state index < -0.39 is 0 Å². The van der Waals surface area contributed by atoms with E-state index in [1.54, 1.807) is 12.4 Å². The van der Waals surface area contributed by atoms with Gasteiger partial charge in [0.25, 0.3) is 0 Å². The third-order valence-corrected chi connectivity index (χ3v) is 7.06. The average Bonchev–Trinajstić information content (AvgIpc) is 3.38. The fourth-order valence-electron chi connectivity index (χ4n) is 5.37. The van der Waals surface area contributed by atoms with Crippen LogP contribution in [0.2, 0.25) is 0 Å². The lowest BCUT2D eigenvalue weighted by molar-refractivity contribution is 0.187. The van der Waals surface area contributed by atoms with Gasteiger partial charge in [-0.1, -0.05) is 6.07 Å². The average molecular weight is 449 g/mol. The number of hydrogen-bond acceptors (Lipinski definition) is 7. The van der Waals surface area contributed by atoms with Gasteiger partial charge in [0.2, 0.25) is 0 Å². The van der Waals surface area contributed by atoms with E-state index in [2.05, 4.69) is 31.2 Å². The molecular weight excluding hydrogens is 424 g/mol. The lowest BCUT2D eigenvalue weighted by Gasteiger charge is -2.42. The van der Waals surface area contributed by atoms with Crippen LogP contribution < -0.4 is 10.6 Å². The molecule has 164 valence electrons. The van der Waals surface area contributed by atoms with Crippen LogP contribution in [0.25, 0.3) is 16.8 Å². The van der Waals surface area contributed by atoms with Crippen molar-refractivity contribution < 1.29 is 0 Å². The summed E-state index contributed by atoms with van der Waals surface area (Å²) in [6, 6.07) is 8.17. The van der Waals surface area contributed by atoms with Crippen LogP contribution in [-0.2, 0) is 6.42 Å². The van der Waals surface area contributed by atoms with Crippen LogP contribution in [0.1, 0.15) is 35.8 Å². The molecule has 1 aliphatic carbocycles. The molecule has 8 nitrogen and oxygen atoms in total. The van der Waals surface area contributed by atoms with E-state index in [1.165, 1.54) is 11.3 Å². The number of nitrogens with two attached hydrogens (primary N) is 1. The number of rotatable bonds is 2. The van der Waals surface area contributed by atoms with Gasteiger partial charge in [0.1, 0.15) is 5.52 Å². The van der Waals surface area contributed by atoms with E-state index in [0.29, 0.717) is 0 Å². The molecule has 0 amide bonds. The standard InChI is InChI=1S/C23H24N8.ClH/c1-15-20(16-4-9-26-27-14-16)31-19(5-10-28-31)22(29-15)30-11-6-23(7-12-30)13-18-17(21(23)24)3-2-8-25-18;/h2-5,8-10,14,21H,6-7,11-13,24H2,1H3;1H/t21-;/m1./s1. The maximum Gasteiger partial charge on any atom is 0.155 e.